The van der Waals surface area contributed by atoms with Gasteiger partial charge in [-0.05, 0) is 50.9 Å². The van der Waals surface area contributed by atoms with Gasteiger partial charge in [0.25, 0.3) is 0 Å². The van der Waals surface area contributed by atoms with Gasteiger partial charge in [0.05, 0.1) is 0 Å². The summed E-state index contributed by atoms with van der Waals surface area (Å²) in [5.74, 6) is 0.771. The van der Waals surface area contributed by atoms with Gasteiger partial charge in [0.2, 0.25) is 0 Å². The van der Waals surface area contributed by atoms with Gasteiger partial charge in [-0.1, -0.05) is 43.6 Å². The molecular weight excluding hydrogens is 268 g/mol. The molecule has 2 nitrogen and oxygen atoms in total. The molecule has 0 amide bonds. The zero-order valence-electron chi connectivity index (χ0n) is 13.1. The molecule has 0 heterocycles. The fourth-order valence-electron chi connectivity index (χ4n) is 3.03. The highest BCUT2D eigenvalue weighted by Crippen LogP contribution is 2.37. The standard InChI is InChI=1S/C17H27ClN2/c1-12(2)19-11-14-9-10-17(14)20(4)13(3)15-7-5-6-8-16(15)18/h5-8,12-14,17,19H,9-11H2,1-4H3. The van der Waals surface area contributed by atoms with Crippen LogP contribution in [0.2, 0.25) is 5.02 Å². The number of nitrogens with zero attached hydrogens (tertiary/aromatic N) is 1. The van der Waals surface area contributed by atoms with E-state index in [0.717, 1.165) is 17.5 Å². The molecule has 3 heteroatoms. The molecule has 1 aromatic rings. The van der Waals surface area contributed by atoms with E-state index in [1.54, 1.807) is 0 Å². The fourth-order valence-corrected chi connectivity index (χ4v) is 3.33. The lowest BCUT2D eigenvalue weighted by atomic mass is 9.77. The lowest BCUT2D eigenvalue weighted by molar-refractivity contribution is 0.0539. The van der Waals surface area contributed by atoms with E-state index in [4.69, 9.17) is 11.6 Å². The maximum Gasteiger partial charge on any atom is 0.0453 e. The van der Waals surface area contributed by atoms with Crippen molar-refractivity contribution >= 4 is 11.6 Å². The van der Waals surface area contributed by atoms with Crippen LogP contribution in [0.4, 0.5) is 0 Å². The van der Waals surface area contributed by atoms with Crippen molar-refractivity contribution in [3.8, 4) is 0 Å². The summed E-state index contributed by atoms with van der Waals surface area (Å²) in [6.45, 7) is 7.81. The van der Waals surface area contributed by atoms with Crippen molar-refractivity contribution in [2.75, 3.05) is 13.6 Å². The van der Waals surface area contributed by atoms with Gasteiger partial charge in [-0.25, -0.2) is 0 Å². The minimum atomic E-state index is 0.371. The predicted molar refractivity (Wildman–Crippen MR) is 87.3 cm³/mol. The topological polar surface area (TPSA) is 15.3 Å². The molecule has 112 valence electrons. The first kappa shape index (κ1) is 15.8. The van der Waals surface area contributed by atoms with Crippen LogP contribution in [0.5, 0.6) is 0 Å². The predicted octanol–water partition coefficient (Wildman–Crippen LogP) is 4.11. The first-order chi connectivity index (χ1) is 9.50. The van der Waals surface area contributed by atoms with Crippen molar-refractivity contribution in [1.82, 2.24) is 10.2 Å². The molecule has 2 rings (SSSR count). The molecular formula is C17H27ClN2. The van der Waals surface area contributed by atoms with Gasteiger partial charge in [0.15, 0.2) is 0 Å². The van der Waals surface area contributed by atoms with Crippen LogP contribution in [0.15, 0.2) is 24.3 Å². The maximum absolute atomic E-state index is 6.33. The van der Waals surface area contributed by atoms with Crippen molar-refractivity contribution in [1.29, 1.82) is 0 Å². The summed E-state index contributed by atoms with van der Waals surface area (Å²) < 4.78 is 0. The second-order valence-electron chi connectivity index (χ2n) is 6.33. The van der Waals surface area contributed by atoms with E-state index < -0.39 is 0 Å². The highest BCUT2D eigenvalue weighted by molar-refractivity contribution is 6.31. The highest BCUT2D eigenvalue weighted by atomic mass is 35.5. The van der Waals surface area contributed by atoms with Gasteiger partial charge < -0.3 is 5.32 Å². The quantitative estimate of drug-likeness (QED) is 0.849. The molecule has 3 atom stereocenters. The molecule has 1 aromatic carbocycles. The first-order valence-corrected chi connectivity index (χ1v) is 8.08. The summed E-state index contributed by atoms with van der Waals surface area (Å²) in [4.78, 5) is 2.50. The number of rotatable bonds is 6. The lowest BCUT2D eigenvalue weighted by Gasteiger charge is -2.46. The summed E-state index contributed by atoms with van der Waals surface area (Å²) >= 11 is 6.33. The molecule has 1 N–H and O–H groups in total. The Morgan fingerprint density at radius 1 is 1.25 bits per heavy atom. The number of benzene rings is 1. The lowest BCUT2D eigenvalue weighted by Crippen LogP contribution is -2.50. The third-order valence-corrected chi connectivity index (χ3v) is 5.00. The fraction of sp³-hybridized carbons (Fsp3) is 0.647. The van der Waals surface area contributed by atoms with Gasteiger partial charge in [0, 0.05) is 23.1 Å². The Balaban J connectivity index is 1.97. The molecule has 0 spiro atoms. The minimum absolute atomic E-state index is 0.371. The largest absolute Gasteiger partial charge is 0.314 e. The summed E-state index contributed by atoms with van der Waals surface area (Å²) in [5.41, 5.74) is 1.24. The van der Waals surface area contributed by atoms with Crippen LogP contribution < -0.4 is 5.32 Å². The molecule has 0 radical (unpaired) electrons. The van der Waals surface area contributed by atoms with E-state index >= 15 is 0 Å². The van der Waals surface area contributed by atoms with Crippen LogP contribution in [0.25, 0.3) is 0 Å². The van der Waals surface area contributed by atoms with Gasteiger partial charge in [-0.15, -0.1) is 0 Å². The van der Waals surface area contributed by atoms with Crippen LogP contribution >= 0.6 is 11.6 Å². The van der Waals surface area contributed by atoms with E-state index in [1.165, 1.54) is 18.4 Å². The molecule has 1 saturated carbocycles. The normalized spacial score (nSPS) is 23.9. The second-order valence-corrected chi connectivity index (χ2v) is 6.74. The maximum atomic E-state index is 6.33. The van der Waals surface area contributed by atoms with E-state index in [9.17, 15) is 0 Å². The number of nitrogens with one attached hydrogen (secondary N) is 1. The molecule has 20 heavy (non-hydrogen) atoms. The van der Waals surface area contributed by atoms with Crippen LogP contribution in [0.1, 0.15) is 45.2 Å². The van der Waals surface area contributed by atoms with Crippen LogP contribution in [-0.2, 0) is 0 Å². The van der Waals surface area contributed by atoms with Gasteiger partial charge >= 0.3 is 0 Å². The average Bonchev–Trinajstić information content (AvgIpc) is 2.37. The van der Waals surface area contributed by atoms with E-state index in [0.29, 0.717) is 18.1 Å². The second kappa shape index (κ2) is 6.93. The summed E-state index contributed by atoms with van der Waals surface area (Å²) in [7, 11) is 2.24. The van der Waals surface area contributed by atoms with E-state index in [-0.39, 0.29) is 0 Å². The highest BCUT2D eigenvalue weighted by Gasteiger charge is 2.35. The van der Waals surface area contributed by atoms with Gasteiger partial charge in [0.1, 0.15) is 0 Å². The van der Waals surface area contributed by atoms with Crippen LogP contribution in [-0.4, -0.2) is 30.6 Å². The Kier molecular flexibility index (Phi) is 5.48. The van der Waals surface area contributed by atoms with E-state index in [2.05, 4.69) is 50.2 Å². The van der Waals surface area contributed by atoms with E-state index in [1.807, 2.05) is 12.1 Å². The average molecular weight is 295 g/mol. The number of hydrogen-bond acceptors (Lipinski definition) is 2. The molecule has 1 aliphatic rings. The SMILES string of the molecule is CC(C)NCC1CCC1N(C)C(C)c1ccccc1Cl. The molecule has 0 bridgehead atoms. The summed E-state index contributed by atoms with van der Waals surface area (Å²) in [6, 6.07) is 9.82. The molecule has 1 fully saturated rings. The molecule has 1 aliphatic carbocycles. The Labute approximate surface area is 128 Å². The zero-order chi connectivity index (χ0) is 14.7. The summed E-state index contributed by atoms with van der Waals surface area (Å²) in [5, 5.41) is 4.45. The van der Waals surface area contributed by atoms with Crippen LogP contribution in [0.3, 0.4) is 0 Å². The monoisotopic (exact) mass is 294 g/mol. The van der Waals surface area contributed by atoms with Crippen molar-refractivity contribution in [2.24, 2.45) is 5.92 Å². The third kappa shape index (κ3) is 3.55. The van der Waals surface area contributed by atoms with Crippen molar-refractivity contribution < 1.29 is 0 Å². The Bertz CT molecular complexity index is 433. The van der Waals surface area contributed by atoms with Gasteiger partial charge in [-0.2, -0.15) is 0 Å². The van der Waals surface area contributed by atoms with Crippen molar-refractivity contribution in [3.05, 3.63) is 34.9 Å². The number of hydrogen-bond donors (Lipinski definition) is 1. The first-order valence-electron chi connectivity index (χ1n) is 7.70. The molecule has 0 aromatic heterocycles. The molecule has 0 aliphatic heterocycles. The smallest absolute Gasteiger partial charge is 0.0453 e. The minimum Gasteiger partial charge on any atom is -0.314 e. The zero-order valence-corrected chi connectivity index (χ0v) is 13.8. The van der Waals surface area contributed by atoms with Gasteiger partial charge in [-0.3, -0.25) is 4.90 Å². The Hall–Kier alpha value is -0.570. The Morgan fingerprint density at radius 3 is 2.50 bits per heavy atom. The van der Waals surface area contributed by atoms with Crippen LogP contribution in [0, 0.1) is 5.92 Å². The number of halogens is 1. The Morgan fingerprint density at radius 2 is 1.95 bits per heavy atom. The molecule has 3 unspecified atom stereocenters. The molecule has 0 saturated heterocycles. The van der Waals surface area contributed by atoms with Crippen molar-refractivity contribution in [2.45, 2.75) is 51.7 Å². The van der Waals surface area contributed by atoms with Crippen molar-refractivity contribution in [3.63, 3.8) is 0 Å². The summed E-state index contributed by atoms with van der Waals surface area (Å²) in [6.07, 6.45) is 2.64. The third-order valence-electron chi connectivity index (χ3n) is 4.66.